The molecule has 0 spiro atoms. The van der Waals surface area contributed by atoms with Gasteiger partial charge in [-0.2, -0.15) is 0 Å². The molecule has 0 fully saturated rings. The number of rotatable bonds is 5. The number of anilines is 1. The van der Waals surface area contributed by atoms with Crippen LogP contribution in [0.1, 0.15) is 27.9 Å². The predicted molar refractivity (Wildman–Crippen MR) is 116 cm³/mol. The number of fused-ring (bicyclic) bond motifs is 2. The molecule has 4 aromatic rings. The molecule has 0 saturated carbocycles. The van der Waals surface area contributed by atoms with Crippen LogP contribution in [0, 0.1) is 10.1 Å². The highest BCUT2D eigenvalue weighted by molar-refractivity contribution is 6.07. The van der Waals surface area contributed by atoms with Gasteiger partial charge in [-0.1, -0.05) is 0 Å². The zero-order valence-corrected chi connectivity index (χ0v) is 17.2. The van der Waals surface area contributed by atoms with E-state index >= 15 is 0 Å². The van der Waals surface area contributed by atoms with Gasteiger partial charge in [-0.05, 0) is 43.3 Å². The summed E-state index contributed by atoms with van der Waals surface area (Å²) >= 11 is 0. The maximum atomic E-state index is 12.9. The van der Waals surface area contributed by atoms with Gasteiger partial charge in [-0.3, -0.25) is 14.9 Å². The van der Waals surface area contributed by atoms with Crippen molar-refractivity contribution in [1.29, 1.82) is 0 Å². The Bertz CT molecular complexity index is 1370. The number of aromatic nitrogens is 2. The molecule has 0 aliphatic heterocycles. The second-order valence-electron chi connectivity index (χ2n) is 7.13. The van der Waals surface area contributed by atoms with E-state index in [1.54, 1.807) is 60.5 Å². The van der Waals surface area contributed by atoms with E-state index in [1.165, 1.54) is 12.1 Å². The fourth-order valence-corrected chi connectivity index (χ4v) is 3.69. The molecular weight excluding hydrogens is 400 g/mol. The number of hydrogen-bond acceptors (Lipinski definition) is 5. The summed E-state index contributed by atoms with van der Waals surface area (Å²) < 4.78 is 8.52. The topological polar surface area (TPSA) is 108 Å². The standard InChI is InChI=1S/C22H20N4O5/c1-4-31-22(28)20-12-13-9-15(5-7-17(13)25(20)3)23-21(27)19-11-14-10-16(26(29)30)6-8-18(14)24(19)2/h5-12H,4H2,1-3H3,(H,23,27). The van der Waals surface area contributed by atoms with E-state index in [0.29, 0.717) is 28.0 Å². The van der Waals surface area contributed by atoms with Crippen molar-refractivity contribution in [1.82, 2.24) is 9.13 Å². The molecule has 0 saturated heterocycles. The Labute approximate surface area is 177 Å². The normalized spacial score (nSPS) is 11.1. The monoisotopic (exact) mass is 420 g/mol. The summed E-state index contributed by atoms with van der Waals surface area (Å²) in [6.45, 7) is 2.04. The van der Waals surface area contributed by atoms with Crippen molar-refractivity contribution in [2.45, 2.75) is 6.92 Å². The third kappa shape index (κ3) is 3.50. The summed E-state index contributed by atoms with van der Waals surface area (Å²) in [5.41, 5.74) is 2.88. The van der Waals surface area contributed by atoms with E-state index in [2.05, 4.69) is 5.32 Å². The minimum atomic E-state index is -0.466. The van der Waals surface area contributed by atoms with Crippen LogP contribution in [-0.4, -0.2) is 32.5 Å². The highest BCUT2D eigenvalue weighted by Gasteiger charge is 2.18. The summed E-state index contributed by atoms with van der Waals surface area (Å²) in [5, 5.41) is 15.3. The van der Waals surface area contributed by atoms with Gasteiger partial charge in [0, 0.05) is 53.7 Å². The smallest absolute Gasteiger partial charge is 0.354 e. The number of benzene rings is 2. The zero-order chi connectivity index (χ0) is 22.3. The summed E-state index contributed by atoms with van der Waals surface area (Å²) in [4.78, 5) is 35.5. The Balaban J connectivity index is 1.64. The molecular formula is C22H20N4O5. The molecule has 9 heteroatoms. The Morgan fingerprint density at radius 3 is 2.26 bits per heavy atom. The molecule has 2 aromatic heterocycles. The number of nitro benzene ring substituents is 1. The quantitative estimate of drug-likeness (QED) is 0.298. The summed E-state index contributed by atoms with van der Waals surface area (Å²) in [7, 11) is 3.51. The molecule has 4 rings (SSSR count). The van der Waals surface area contributed by atoms with Crippen LogP contribution in [0.25, 0.3) is 21.8 Å². The first-order valence-electron chi connectivity index (χ1n) is 9.62. The number of ether oxygens (including phenoxy) is 1. The fraction of sp³-hybridized carbons (Fsp3) is 0.182. The lowest BCUT2D eigenvalue weighted by Gasteiger charge is -2.07. The van der Waals surface area contributed by atoms with Crippen molar-refractivity contribution in [2.75, 3.05) is 11.9 Å². The molecule has 0 bridgehead atoms. The van der Waals surface area contributed by atoms with Crippen molar-refractivity contribution < 1.29 is 19.2 Å². The van der Waals surface area contributed by atoms with E-state index < -0.39 is 10.9 Å². The SMILES string of the molecule is CCOC(=O)c1cc2cc(NC(=O)c3cc4cc([N+](=O)[O-])ccc4n3C)ccc2n1C. The van der Waals surface area contributed by atoms with Crippen molar-refractivity contribution in [3.05, 3.63) is 70.0 Å². The van der Waals surface area contributed by atoms with Crippen molar-refractivity contribution >= 4 is 45.1 Å². The van der Waals surface area contributed by atoms with Crippen molar-refractivity contribution in [3.8, 4) is 0 Å². The van der Waals surface area contributed by atoms with Gasteiger partial charge in [0.25, 0.3) is 11.6 Å². The number of carbonyl (C=O) groups excluding carboxylic acids is 2. The number of amides is 1. The summed E-state index contributed by atoms with van der Waals surface area (Å²) in [5.74, 6) is -0.751. The number of non-ortho nitro benzene ring substituents is 1. The van der Waals surface area contributed by atoms with Gasteiger partial charge in [0.15, 0.2) is 0 Å². The van der Waals surface area contributed by atoms with Gasteiger partial charge >= 0.3 is 5.97 Å². The number of nitrogens with one attached hydrogen (secondary N) is 1. The van der Waals surface area contributed by atoms with E-state index in [0.717, 1.165) is 10.9 Å². The molecule has 2 heterocycles. The molecule has 0 radical (unpaired) electrons. The number of nitrogens with zero attached hydrogens (tertiary/aromatic N) is 3. The van der Waals surface area contributed by atoms with Crippen LogP contribution in [0.2, 0.25) is 0 Å². The highest BCUT2D eigenvalue weighted by atomic mass is 16.6. The molecule has 0 atom stereocenters. The molecule has 158 valence electrons. The van der Waals surface area contributed by atoms with Crippen LogP contribution >= 0.6 is 0 Å². The maximum absolute atomic E-state index is 12.9. The van der Waals surface area contributed by atoms with Crippen LogP contribution in [-0.2, 0) is 18.8 Å². The van der Waals surface area contributed by atoms with Crippen molar-refractivity contribution in [2.24, 2.45) is 14.1 Å². The molecule has 0 aliphatic carbocycles. The minimum Gasteiger partial charge on any atom is -0.461 e. The molecule has 1 N–H and O–H groups in total. The average molecular weight is 420 g/mol. The first-order chi connectivity index (χ1) is 14.8. The van der Waals surface area contributed by atoms with E-state index in [1.807, 2.05) is 6.07 Å². The largest absolute Gasteiger partial charge is 0.461 e. The first kappa shape index (κ1) is 20.1. The second kappa shape index (κ2) is 7.60. The lowest BCUT2D eigenvalue weighted by Crippen LogP contribution is -2.15. The molecule has 31 heavy (non-hydrogen) atoms. The maximum Gasteiger partial charge on any atom is 0.354 e. The Kier molecular flexibility index (Phi) is 4.94. The number of aryl methyl sites for hydroxylation is 2. The number of hydrogen-bond donors (Lipinski definition) is 1. The Morgan fingerprint density at radius 2 is 1.58 bits per heavy atom. The summed E-state index contributed by atoms with van der Waals surface area (Å²) in [6.07, 6.45) is 0. The number of carbonyl (C=O) groups is 2. The number of esters is 1. The van der Waals surface area contributed by atoms with Gasteiger partial charge in [-0.15, -0.1) is 0 Å². The van der Waals surface area contributed by atoms with Crippen molar-refractivity contribution in [3.63, 3.8) is 0 Å². The lowest BCUT2D eigenvalue weighted by molar-refractivity contribution is -0.384. The average Bonchev–Trinajstić information content (AvgIpc) is 3.25. The van der Waals surface area contributed by atoms with E-state index in [4.69, 9.17) is 4.74 Å². The van der Waals surface area contributed by atoms with Gasteiger partial charge in [0.2, 0.25) is 0 Å². The third-order valence-corrected chi connectivity index (χ3v) is 5.25. The molecule has 1 amide bonds. The Morgan fingerprint density at radius 1 is 0.968 bits per heavy atom. The Hall–Kier alpha value is -4.14. The molecule has 0 unspecified atom stereocenters. The van der Waals surface area contributed by atoms with Gasteiger partial charge in [0.1, 0.15) is 11.4 Å². The van der Waals surface area contributed by atoms with Gasteiger partial charge < -0.3 is 19.2 Å². The first-order valence-corrected chi connectivity index (χ1v) is 9.62. The van der Waals surface area contributed by atoms with Gasteiger partial charge in [-0.25, -0.2) is 4.79 Å². The van der Waals surface area contributed by atoms with Crippen LogP contribution in [0.15, 0.2) is 48.5 Å². The third-order valence-electron chi connectivity index (χ3n) is 5.25. The van der Waals surface area contributed by atoms with Crippen LogP contribution in [0.4, 0.5) is 11.4 Å². The van der Waals surface area contributed by atoms with Crippen LogP contribution in [0.3, 0.4) is 0 Å². The van der Waals surface area contributed by atoms with E-state index in [-0.39, 0.29) is 18.2 Å². The lowest BCUT2D eigenvalue weighted by atomic mass is 10.2. The van der Waals surface area contributed by atoms with E-state index in [9.17, 15) is 19.7 Å². The number of nitro groups is 1. The molecule has 2 aromatic carbocycles. The zero-order valence-electron chi connectivity index (χ0n) is 17.2. The van der Waals surface area contributed by atoms with Gasteiger partial charge in [0.05, 0.1) is 11.5 Å². The highest BCUT2D eigenvalue weighted by Crippen LogP contribution is 2.26. The summed E-state index contributed by atoms with van der Waals surface area (Å²) in [6, 6.07) is 13.2. The fourth-order valence-electron chi connectivity index (χ4n) is 3.69. The molecule has 9 nitrogen and oxygen atoms in total. The van der Waals surface area contributed by atoms with Crippen LogP contribution < -0.4 is 5.32 Å². The van der Waals surface area contributed by atoms with Crippen LogP contribution in [0.5, 0.6) is 0 Å². The molecule has 0 aliphatic rings. The predicted octanol–water partition coefficient (Wildman–Crippen LogP) is 4.01. The minimum absolute atomic E-state index is 0.0306. The second-order valence-corrected chi connectivity index (χ2v) is 7.13.